The molecule has 4 heteroatoms. The first kappa shape index (κ1) is 15.8. The second kappa shape index (κ2) is 7.99. The number of hydrogen-bond donors (Lipinski definition) is 1. The zero-order valence-corrected chi connectivity index (χ0v) is 13.2. The quantitative estimate of drug-likeness (QED) is 0.833. The molecule has 0 aromatic heterocycles. The van der Waals surface area contributed by atoms with Crippen LogP contribution in [-0.4, -0.2) is 62.0 Å². The molecule has 4 nitrogen and oxygen atoms in total. The molecule has 0 saturated carbocycles. The van der Waals surface area contributed by atoms with Crippen molar-refractivity contribution in [2.24, 2.45) is 5.92 Å². The van der Waals surface area contributed by atoms with E-state index in [1.807, 2.05) is 0 Å². The first-order valence-electron chi connectivity index (χ1n) is 8.32. The first-order valence-corrected chi connectivity index (χ1v) is 8.32. The van der Waals surface area contributed by atoms with Crippen LogP contribution in [0.4, 0.5) is 0 Å². The van der Waals surface area contributed by atoms with Gasteiger partial charge in [0.15, 0.2) is 0 Å². The van der Waals surface area contributed by atoms with Gasteiger partial charge in [0.05, 0.1) is 0 Å². The van der Waals surface area contributed by atoms with Crippen molar-refractivity contribution in [3.63, 3.8) is 0 Å². The third kappa shape index (κ3) is 4.74. The van der Waals surface area contributed by atoms with Gasteiger partial charge in [-0.1, -0.05) is 6.42 Å². The van der Waals surface area contributed by atoms with Crippen molar-refractivity contribution >= 4 is 5.91 Å². The molecular weight excluding hydrogens is 250 g/mol. The van der Waals surface area contributed by atoms with Crippen molar-refractivity contribution in [3.05, 3.63) is 0 Å². The van der Waals surface area contributed by atoms with Crippen molar-refractivity contribution in [1.29, 1.82) is 0 Å². The second-order valence-corrected chi connectivity index (χ2v) is 6.60. The lowest BCUT2D eigenvalue weighted by Gasteiger charge is -2.39. The van der Waals surface area contributed by atoms with E-state index >= 15 is 0 Å². The monoisotopic (exact) mass is 281 g/mol. The highest BCUT2D eigenvalue weighted by Gasteiger charge is 2.26. The predicted octanol–water partition coefficient (Wildman–Crippen LogP) is 1.71. The summed E-state index contributed by atoms with van der Waals surface area (Å²) in [6, 6.07) is 0.640. The van der Waals surface area contributed by atoms with E-state index in [0.29, 0.717) is 12.5 Å². The lowest BCUT2D eigenvalue weighted by atomic mass is 9.92. The summed E-state index contributed by atoms with van der Waals surface area (Å²) in [6.07, 6.45) is 8.36. The minimum Gasteiger partial charge on any atom is -0.359 e. The highest BCUT2D eigenvalue weighted by molar-refractivity contribution is 5.75. The number of nitrogens with one attached hydrogen (secondary N) is 1. The van der Waals surface area contributed by atoms with Crippen LogP contribution in [-0.2, 0) is 4.79 Å². The van der Waals surface area contributed by atoms with Crippen molar-refractivity contribution in [1.82, 2.24) is 15.1 Å². The molecule has 2 saturated heterocycles. The van der Waals surface area contributed by atoms with E-state index in [-0.39, 0.29) is 5.91 Å². The van der Waals surface area contributed by atoms with Crippen molar-refractivity contribution in [2.75, 3.05) is 40.3 Å². The van der Waals surface area contributed by atoms with Gasteiger partial charge in [0.25, 0.3) is 0 Å². The van der Waals surface area contributed by atoms with Crippen LogP contribution >= 0.6 is 0 Å². The maximum Gasteiger partial charge on any atom is 0.219 e. The summed E-state index contributed by atoms with van der Waals surface area (Å²) in [7, 11) is 3.96. The molecule has 0 spiro atoms. The summed E-state index contributed by atoms with van der Waals surface area (Å²) in [5.41, 5.74) is 0. The fraction of sp³-hybridized carbons (Fsp3) is 0.938. The summed E-state index contributed by atoms with van der Waals surface area (Å²) in [4.78, 5) is 16.6. The van der Waals surface area contributed by atoms with Gasteiger partial charge in [-0.3, -0.25) is 4.79 Å². The van der Waals surface area contributed by atoms with E-state index in [2.05, 4.69) is 22.2 Å². The normalized spacial score (nSPS) is 26.6. The number of carbonyl (C=O) groups excluding carboxylic acids is 1. The smallest absolute Gasteiger partial charge is 0.219 e. The van der Waals surface area contributed by atoms with E-state index in [1.54, 1.807) is 7.05 Å². The summed E-state index contributed by atoms with van der Waals surface area (Å²) >= 11 is 0. The Morgan fingerprint density at radius 1 is 1.15 bits per heavy atom. The van der Waals surface area contributed by atoms with Gasteiger partial charge >= 0.3 is 0 Å². The van der Waals surface area contributed by atoms with E-state index in [9.17, 15) is 4.79 Å². The Morgan fingerprint density at radius 2 is 1.90 bits per heavy atom. The molecule has 20 heavy (non-hydrogen) atoms. The fourth-order valence-electron chi connectivity index (χ4n) is 3.63. The zero-order valence-electron chi connectivity index (χ0n) is 13.2. The van der Waals surface area contributed by atoms with Gasteiger partial charge in [-0.05, 0) is 64.7 Å². The molecule has 0 aromatic carbocycles. The minimum absolute atomic E-state index is 0.190. The van der Waals surface area contributed by atoms with Gasteiger partial charge in [0.1, 0.15) is 0 Å². The Hall–Kier alpha value is -0.610. The number of nitrogens with zero attached hydrogens (tertiary/aromatic N) is 2. The van der Waals surface area contributed by atoms with Gasteiger partial charge in [-0.2, -0.15) is 0 Å². The van der Waals surface area contributed by atoms with Crippen LogP contribution < -0.4 is 5.32 Å². The van der Waals surface area contributed by atoms with Gasteiger partial charge in [-0.15, -0.1) is 0 Å². The van der Waals surface area contributed by atoms with E-state index in [1.165, 1.54) is 58.3 Å². The van der Waals surface area contributed by atoms with Gasteiger partial charge in [-0.25, -0.2) is 0 Å². The van der Waals surface area contributed by atoms with Crippen LogP contribution in [0.25, 0.3) is 0 Å². The number of rotatable bonds is 5. The standard InChI is InChI=1S/C16H31N3O/c1-17-16(20)7-6-15-5-3-4-10-19(15)13-14-8-11-18(2)12-9-14/h14-15H,3-13H2,1-2H3,(H,17,20)/t15-/m1/s1. The maximum absolute atomic E-state index is 11.5. The molecule has 2 rings (SSSR count). The Bertz CT molecular complexity index is 300. The van der Waals surface area contributed by atoms with Crippen LogP contribution in [0, 0.1) is 5.92 Å². The molecule has 0 bridgehead atoms. The Morgan fingerprint density at radius 3 is 2.60 bits per heavy atom. The lowest BCUT2D eigenvalue weighted by Crippen LogP contribution is -2.44. The molecular formula is C16H31N3O. The number of carbonyl (C=O) groups is 1. The summed E-state index contributed by atoms with van der Waals surface area (Å²) < 4.78 is 0. The van der Waals surface area contributed by atoms with Crippen molar-refractivity contribution in [3.8, 4) is 0 Å². The average molecular weight is 281 g/mol. The molecule has 1 atom stereocenters. The highest BCUT2D eigenvalue weighted by Crippen LogP contribution is 2.25. The predicted molar refractivity (Wildman–Crippen MR) is 82.7 cm³/mol. The van der Waals surface area contributed by atoms with Crippen LogP contribution in [0.2, 0.25) is 0 Å². The third-order valence-electron chi connectivity index (χ3n) is 5.06. The molecule has 1 N–H and O–H groups in total. The van der Waals surface area contributed by atoms with Crippen LogP contribution in [0.5, 0.6) is 0 Å². The second-order valence-electron chi connectivity index (χ2n) is 6.60. The topological polar surface area (TPSA) is 35.6 Å². The van der Waals surface area contributed by atoms with Crippen LogP contribution in [0.15, 0.2) is 0 Å². The maximum atomic E-state index is 11.5. The minimum atomic E-state index is 0.190. The Kier molecular flexibility index (Phi) is 6.30. The summed E-state index contributed by atoms with van der Waals surface area (Å²) in [5.74, 6) is 1.06. The Labute approximate surface area is 123 Å². The number of piperidine rings is 2. The molecule has 2 fully saturated rings. The molecule has 0 unspecified atom stereocenters. The molecule has 116 valence electrons. The SMILES string of the molecule is CNC(=O)CC[C@H]1CCCCN1CC1CCN(C)CC1. The first-order chi connectivity index (χ1) is 9.69. The average Bonchev–Trinajstić information content (AvgIpc) is 2.48. The van der Waals surface area contributed by atoms with Crippen molar-refractivity contribution in [2.45, 2.75) is 51.0 Å². The van der Waals surface area contributed by atoms with Crippen LogP contribution in [0.1, 0.15) is 44.9 Å². The lowest BCUT2D eigenvalue weighted by molar-refractivity contribution is -0.121. The molecule has 2 aliphatic rings. The molecule has 0 radical (unpaired) electrons. The van der Waals surface area contributed by atoms with Gasteiger partial charge in [0.2, 0.25) is 5.91 Å². The van der Waals surface area contributed by atoms with E-state index in [4.69, 9.17) is 0 Å². The molecule has 0 aliphatic carbocycles. The summed E-state index contributed by atoms with van der Waals surface area (Å²) in [6.45, 7) is 5.00. The largest absolute Gasteiger partial charge is 0.359 e. The molecule has 0 aromatic rings. The molecule has 2 aliphatic heterocycles. The Balaban J connectivity index is 1.78. The number of hydrogen-bond acceptors (Lipinski definition) is 3. The van der Waals surface area contributed by atoms with Crippen LogP contribution in [0.3, 0.4) is 0 Å². The highest BCUT2D eigenvalue weighted by atomic mass is 16.1. The summed E-state index contributed by atoms with van der Waals surface area (Å²) in [5, 5.41) is 2.74. The number of amides is 1. The van der Waals surface area contributed by atoms with E-state index in [0.717, 1.165) is 12.3 Å². The van der Waals surface area contributed by atoms with E-state index < -0.39 is 0 Å². The third-order valence-corrected chi connectivity index (χ3v) is 5.06. The molecule has 2 heterocycles. The number of likely N-dealkylation sites (tertiary alicyclic amines) is 2. The molecule has 1 amide bonds. The van der Waals surface area contributed by atoms with Crippen molar-refractivity contribution < 1.29 is 4.79 Å². The zero-order chi connectivity index (χ0) is 14.4. The van der Waals surface area contributed by atoms with Gasteiger partial charge < -0.3 is 15.1 Å². The fourth-order valence-corrected chi connectivity index (χ4v) is 3.63. The van der Waals surface area contributed by atoms with Gasteiger partial charge in [0, 0.05) is 26.1 Å².